The number of benzene rings is 1. The number of hydrogen-bond acceptors (Lipinski definition) is 3. The van der Waals surface area contributed by atoms with E-state index in [0.717, 1.165) is 9.17 Å². The van der Waals surface area contributed by atoms with Crippen LogP contribution in [-0.2, 0) is 0 Å². The molecule has 0 aliphatic heterocycles. The largest absolute Gasteiger partial charge is 0.411 e. The third-order valence-corrected chi connectivity index (χ3v) is 4.42. The zero-order valence-corrected chi connectivity index (χ0v) is 11.4. The molecular formula is C11H8BrF3N2S. The average Bonchev–Trinajstić information content (AvgIpc) is 2.92. The highest BCUT2D eigenvalue weighted by molar-refractivity contribution is 9.10. The van der Waals surface area contributed by atoms with Gasteiger partial charge >= 0.3 is 6.18 Å². The number of thiazole rings is 1. The molecule has 0 saturated heterocycles. The van der Waals surface area contributed by atoms with Crippen LogP contribution in [-0.4, -0.2) is 16.7 Å². The molecule has 96 valence electrons. The van der Waals surface area contributed by atoms with Crippen LogP contribution in [0.25, 0.3) is 10.2 Å². The van der Waals surface area contributed by atoms with Crippen molar-refractivity contribution in [2.75, 3.05) is 5.32 Å². The first-order chi connectivity index (χ1) is 8.40. The van der Waals surface area contributed by atoms with Gasteiger partial charge in [-0.25, -0.2) is 4.98 Å². The van der Waals surface area contributed by atoms with Crippen molar-refractivity contribution in [3.05, 3.63) is 22.7 Å². The fourth-order valence-electron chi connectivity index (χ4n) is 1.76. The van der Waals surface area contributed by atoms with E-state index in [-0.39, 0.29) is 12.8 Å². The summed E-state index contributed by atoms with van der Waals surface area (Å²) in [6, 6.07) is 5.46. The quantitative estimate of drug-likeness (QED) is 0.869. The SMILES string of the molecule is FC(F)(F)C1(Nc2nc3ccc(Br)cc3s2)CC1. The Labute approximate surface area is 113 Å². The van der Waals surface area contributed by atoms with Crippen LogP contribution in [0.2, 0.25) is 0 Å². The van der Waals surface area contributed by atoms with Crippen molar-refractivity contribution in [3.8, 4) is 0 Å². The summed E-state index contributed by atoms with van der Waals surface area (Å²) in [5.74, 6) is 0. The van der Waals surface area contributed by atoms with Gasteiger partial charge in [-0.1, -0.05) is 27.3 Å². The monoisotopic (exact) mass is 336 g/mol. The van der Waals surface area contributed by atoms with Gasteiger partial charge in [0.25, 0.3) is 0 Å². The van der Waals surface area contributed by atoms with Crippen LogP contribution in [0.15, 0.2) is 22.7 Å². The Morgan fingerprint density at radius 2 is 2.06 bits per heavy atom. The molecule has 1 aliphatic carbocycles. The molecule has 2 aromatic rings. The zero-order valence-electron chi connectivity index (χ0n) is 9.01. The molecule has 1 saturated carbocycles. The predicted octanol–water partition coefficient (Wildman–Crippen LogP) is 4.57. The number of nitrogens with one attached hydrogen (secondary N) is 1. The summed E-state index contributed by atoms with van der Waals surface area (Å²) >= 11 is 4.57. The van der Waals surface area contributed by atoms with Crippen LogP contribution in [0.1, 0.15) is 12.8 Å². The molecule has 0 unspecified atom stereocenters. The number of aromatic nitrogens is 1. The van der Waals surface area contributed by atoms with Crippen molar-refractivity contribution in [1.29, 1.82) is 0 Å². The van der Waals surface area contributed by atoms with E-state index in [0.29, 0.717) is 10.6 Å². The van der Waals surface area contributed by atoms with Crippen LogP contribution in [0.5, 0.6) is 0 Å². The summed E-state index contributed by atoms with van der Waals surface area (Å²) in [5, 5.41) is 2.88. The standard InChI is InChI=1S/C11H8BrF3N2S/c12-6-1-2-7-8(5-6)18-9(16-7)17-10(3-4-10)11(13,14)15/h1-2,5H,3-4H2,(H,16,17). The van der Waals surface area contributed by atoms with Crippen LogP contribution in [0.3, 0.4) is 0 Å². The van der Waals surface area contributed by atoms with Gasteiger partial charge < -0.3 is 5.32 Å². The molecule has 1 N–H and O–H groups in total. The topological polar surface area (TPSA) is 24.9 Å². The number of anilines is 1. The molecule has 1 heterocycles. The second-order valence-corrected chi connectivity index (χ2v) is 6.28. The molecule has 0 amide bonds. The molecule has 18 heavy (non-hydrogen) atoms. The predicted molar refractivity (Wildman–Crippen MR) is 69.0 cm³/mol. The summed E-state index contributed by atoms with van der Waals surface area (Å²) < 4.78 is 40.2. The first-order valence-corrected chi connectivity index (χ1v) is 6.92. The summed E-state index contributed by atoms with van der Waals surface area (Å²) in [6.45, 7) is 0. The van der Waals surface area contributed by atoms with E-state index in [2.05, 4.69) is 26.2 Å². The molecular weight excluding hydrogens is 329 g/mol. The number of hydrogen-bond donors (Lipinski definition) is 1. The Morgan fingerprint density at radius 1 is 1.33 bits per heavy atom. The maximum Gasteiger partial charge on any atom is 0.411 e. The van der Waals surface area contributed by atoms with Crippen LogP contribution in [0.4, 0.5) is 18.3 Å². The van der Waals surface area contributed by atoms with Crippen molar-refractivity contribution in [3.63, 3.8) is 0 Å². The molecule has 0 atom stereocenters. The Bertz CT molecular complexity index is 604. The van der Waals surface area contributed by atoms with Crippen LogP contribution in [0, 0.1) is 0 Å². The van der Waals surface area contributed by atoms with Gasteiger partial charge in [0.1, 0.15) is 5.54 Å². The minimum absolute atomic E-state index is 0.121. The normalized spacial score (nSPS) is 18.0. The van der Waals surface area contributed by atoms with E-state index in [1.165, 1.54) is 11.3 Å². The number of rotatable bonds is 2. The highest BCUT2D eigenvalue weighted by Crippen LogP contribution is 2.51. The van der Waals surface area contributed by atoms with E-state index >= 15 is 0 Å². The number of nitrogens with zero attached hydrogens (tertiary/aromatic N) is 1. The lowest BCUT2D eigenvalue weighted by atomic mass is 10.3. The van der Waals surface area contributed by atoms with E-state index < -0.39 is 11.7 Å². The summed E-state index contributed by atoms with van der Waals surface area (Å²) in [6.07, 6.45) is -3.97. The second-order valence-electron chi connectivity index (χ2n) is 4.34. The number of fused-ring (bicyclic) bond motifs is 1. The minimum Gasteiger partial charge on any atom is -0.347 e. The summed E-state index contributed by atoms with van der Waals surface area (Å²) in [4.78, 5) is 4.18. The first kappa shape index (κ1) is 12.2. The van der Waals surface area contributed by atoms with Gasteiger partial charge in [0.05, 0.1) is 10.2 Å². The fourth-order valence-corrected chi connectivity index (χ4v) is 3.28. The molecule has 3 rings (SSSR count). The molecule has 7 heteroatoms. The van der Waals surface area contributed by atoms with Gasteiger partial charge in [-0.15, -0.1) is 0 Å². The number of halogens is 4. The Morgan fingerprint density at radius 3 is 2.67 bits per heavy atom. The molecule has 0 radical (unpaired) electrons. The molecule has 1 fully saturated rings. The van der Waals surface area contributed by atoms with Crippen molar-refractivity contribution in [1.82, 2.24) is 4.98 Å². The molecule has 1 aromatic heterocycles. The van der Waals surface area contributed by atoms with E-state index in [1.54, 1.807) is 6.07 Å². The highest BCUT2D eigenvalue weighted by Gasteiger charge is 2.63. The molecule has 2 nitrogen and oxygen atoms in total. The summed E-state index contributed by atoms with van der Waals surface area (Å²) in [7, 11) is 0. The van der Waals surface area contributed by atoms with Gasteiger partial charge in [0.15, 0.2) is 5.13 Å². The highest BCUT2D eigenvalue weighted by atomic mass is 79.9. The molecule has 0 spiro atoms. The lowest BCUT2D eigenvalue weighted by molar-refractivity contribution is -0.151. The van der Waals surface area contributed by atoms with Crippen molar-refractivity contribution in [2.45, 2.75) is 24.6 Å². The van der Waals surface area contributed by atoms with Crippen molar-refractivity contribution < 1.29 is 13.2 Å². The number of alkyl halides is 3. The van der Waals surface area contributed by atoms with Gasteiger partial charge in [0, 0.05) is 4.47 Å². The van der Waals surface area contributed by atoms with Gasteiger partial charge in [-0.2, -0.15) is 13.2 Å². The minimum atomic E-state index is -4.22. The van der Waals surface area contributed by atoms with Gasteiger partial charge in [-0.05, 0) is 31.0 Å². The van der Waals surface area contributed by atoms with Crippen molar-refractivity contribution in [2.24, 2.45) is 0 Å². The average molecular weight is 337 g/mol. The van der Waals surface area contributed by atoms with Gasteiger partial charge in [0.2, 0.25) is 0 Å². The lowest BCUT2D eigenvalue weighted by Crippen LogP contribution is -2.38. The van der Waals surface area contributed by atoms with Crippen LogP contribution >= 0.6 is 27.3 Å². The Kier molecular flexibility index (Phi) is 2.60. The Balaban J connectivity index is 1.92. The Hall–Kier alpha value is -0.820. The maximum atomic E-state index is 12.8. The van der Waals surface area contributed by atoms with Crippen LogP contribution < -0.4 is 5.32 Å². The van der Waals surface area contributed by atoms with E-state index in [1.807, 2.05) is 12.1 Å². The first-order valence-electron chi connectivity index (χ1n) is 5.31. The molecule has 1 aromatic carbocycles. The third kappa shape index (κ3) is 1.99. The van der Waals surface area contributed by atoms with E-state index in [4.69, 9.17) is 0 Å². The zero-order chi connectivity index (χ0) is 13.0. The second kappa shape index (κ2) is 3.84. The molecule has 1 aliphatic rings. The maximum absolute atomic E-state index is 12.8. The summed E-state index contributed by atoms with van der Waals surface area (Å²) in [5.41, 5.74) is -1.04. The van der Waals surface area contributed by atoms with E-state index in [9.17, 15) is 13.2 Å². The third-order valence-electron chi connectivity index (χ3n) is 2.99. The molecule has 0 bridgehead atoms. The van der Waals surface area contributed by atoms with Gasteiger partial charge in [-0.3, -0.25) is 0 Å². The lowest BCUT2D eigenvalue weighted by Gasteiger charge is -2.19. The fraction of sp³-hybridized carbons (Fsp3) is 0.364. The smallest absolute Gasteiger partial charge is 0.347 e. The van der Waals surface area contributed by atoms with Crippen molar-refractivity contribution >= 4 is 42.6 Å².